The van der Waals surface area contributed by atoms with Gasteiger partial charge in [-0.2, -0.15) is 0 Å². The predicted molar refractivity (Wildman–Crippen MR) is 146 cm³/mol. The first-order valence-corrected chi connectivity index (χ1v) is 12.5. The summed E-state index contributed by atoms with van der Waals surface area (Å²) in [6, 6.07) is 7.04. The van der Waals surface area contributed by atoms with Crippen molar-refractivity contribution in [1.29, 1.82) is 0 Å². The van der Waals surface area contributed by atoms with Gasteiger partial charge in [-0.15, -0.1) is 5.92 Å². The Hall–Kier alpha value is -2.56. The van der Waals surface area contributed by atoms with Crippen LogP contribution in [0.15, 0.2) is 24.3 Å². The first-order valence-electron chi connectivity index (χ1n) is 12.5. The van der Waals surface area contributed by atoms with Crippen molar-refractivity contribution in [3.8, 4) is 17.6 Å². The molecule has 0 aliphatic rings. The molecule has 0 bridgehead atoms. The fourth-order valence-corrected chi connectivity index (χ4v) is 3.55. The second-order valence-electron chi connectivity index (χ2n) is 8.84. The highest BCUT2D eigenvalue weighted by Gasteiger charge is 2.30. The molecule has 1 aromatic carbocycles. The van der Waals surface area contributed by atoms with Crippen LogP contribution in [0.25, 0.3) is 0 Å². The summed E-state index contributed by atoms with van der Waals surface area (Å²) in [6.07, 6.45) is 0.832. The van der Waals surface area contributed by atoms with Crippen molar-refractivity contribution in [3.05, 3.63) is 29.8 Å². The van der Waals surface area contributed by atoms with Gasteiger partial charge in [0.05, 0.1) is 13.2 Å². The molecule has 35 heavy (non-hydrogen) atoms. The van der Waals surface area contributed by atoms with Crippen molar-refractivity contribution in [2.24, 2.45) is 5.41 Å². The molecule has 200 valence electrons. The number of hydrogen-bond acceptors (Lipinski definition) is 5. The van der Waals surface area contributed by atoms with Crippen LogP contribution in [0.2, 0.25) is 0 Å². The third kappa shape index (κ3) is 17.5. The molecule has 2 amide bonds. The Bertz CT molecular complexity index is 780. The Balaban J connectivity index is 0. The number of benzene rings is 1. The molecule has 0 fully saturated rings. The van der Waals surface area contributed by atoms with Gasteiger partial charge in [0.2, 0.25) is 5.91 Å². The van der Waals surface area contributed by atoms with Crippen LogP contribution in [0.4, 0.5) is 0 Å². The van der Waals surface area contributed by atoms with Crippen molar-refractivity contribution in [1.82, 2.24) is 16.0 Å². The van der Waals surface area contributed by atoms with Crippen LogP contribution in [-0.2, 0) is 9.53 Å². The van der Waals surface area contributed by atoms with Crippen molar-refractivity contribution >= 4 is 11.8 Å². The molecule has 0 aliphatic heterocycles. The molecular formula is C28H49N3O4. The fourth-order valence-electron chi connectivity index (χ4n) is 3.55. The quantitative estimate of drug-likeness (QED) is 0.281. The molecule has 0 radical (unpaired) electrons. The molecule has 0 saturated carbocycles. The number of carbonyl (C=O) groups excluding carboxylic acids is 2. The van der Waals surface area contributed by atoms with Gasteiger partial charge in [0, 0.05) is 17.6 Å². The van der Waals surface area contributed by atoms with E-state index in [1.807, 2.05) is 48.6 Å². The molecule has 0 heterocycles. The SMILES string of the molecule is CC.CC.CC#CCNC(=O)COCCOc1cccc(C(=O)NC(C)(C)CC(C)(C)CNC)c1. The van der Waals surface area contributed by atoms with Gasteiger partial charge in [0.15, 0.2) is 0 Å². The molecule has 7 nitrogen and oxygen atoms in total. The Morgan fingerprint density at radius 3 is 2.29 bits per heavy atom. The normalized spacial score (nSPS) is 10.3. The van der Waals surface area contributed by atoms with E-state index in [0.717, 1.165) is 13.0 Å². The maximum absolute atomic E-state index is 12.8. The van der Waals surface area contributed by atoms with Gasteiger partial charge in [0.25, 0.3) is 5.91 Å². The summed E-state index contributed by atoms with van der Waals surface area (Å²) < 4.78 is 10.9. The number of nitrogens with one attached hydrogen (secondary N) is 3. The molecule has 7 heteroatoms. The Morgan fingerprint density at radius 2 is 1.69 bits per heavy atom. The van der Waals surface area contributed by atoms with Gasteiger partial charge in [-0.3, -0.25) is 9.59 Å². The minimum atomic E-state index is -0.356. The maximum atomic E-state index is 12.8. The van der Waals surface area contributed by atoms with E-state index in [1.54, 1.807) is 31.2 Å². The number of ether oxygens (including phenoxy) is 2. The zero-order valence-corrected chi connectivity index (χ0v) is 23.7. The van der Waals surface area contributed by atoms with Crippen LogP contribution >= 0.6 is 0 Å². The summed E-state index contributed by atoms with van der Waals surface area (Å²) in [6.45, 7) is 19.8. The summed E-state index contributed by atoms with van der Waals surface area (Å²) in [5.41, 5.74) is 0.233. The van der Waals surface area contributed by atoms with Crippen LogP contribution in [0.5, 0.6) is 5.75 Å². The predicted octanol–water partition coefficient (Wildman–Crippen LogP) is 4.42. The molecule has 0 saturated heterocycles. The van der Waals surface area contributed by atoms with Crippen molar-refractivity contribution in [3.63, 3.8) is 0 Å². The second kappa shape index (κ2) is 19.7. The highest BCUT2D eigenvalue weighted by molar-refractivity contribution is 5.95. The topological polar surface area (TPSA) is 88.7 Å². The van der Waals surface area contributed by atoms with E-state index in [4.69, 9.17) is 9.47 Å². The smallest absolute Gasteiger partial charge is 0.251 e. The molecule has 1 aromatic rings. The highest BCUT2D eigenvalue weighted by Crippen LogP contribution is 2.27. The zero-order chi connectivity index (χ0) is 27.3. The van der Waals surface area contributed by atoms with Gasteiger partial charge < -0.3 is 25.4 Å². The third-order valence-corrected chi connectivity index (χ3v) is 4.40. The summed E-state index contributed by atoms with van der Waals surface area (Å²) >= 11 is 0. The van der Waals surface area contributed by atoms with Gasteiger partial charge >= 0.3 is 0 Å². The van der Waals surface area contributed by atoms with E-state index >= 15 is 0 Å². The lowest BCUT2D eigenvalue weighted by molar-refractivity contribution is -0.125. The average molecular weight is 492 g/mol. The van der Waals surface area contributed by atoms with Crippen molar-refractivity contribution < 1.29 is 19.1 Å². The first-order chi connectivity index (χ1) is 16.6. The fraction of sp³-hybridized carbons (Fsp3) is 0.643. The van der Waals surface area contributed by atoms with Gasteiger partial charge in [-0.25, -0.2) is 0 Å². The lowest BCUT2D eigenvalue weighted by Crippen LogP contribution is -2.47. The Labute approximate surface area is 214 Å². The van der Waals surface area contributed by atoms with Crippen LogP contribution in [-0.4, -0.2) is 57.3 Å². The summed E-state index contributed by atoms with van der Waals surface area (Å²) in [5, 5.41) is 8.95. The molecule has 0 atom stereocenters. The van der Waals surface area contributed by atoms with Crippen LogP contribution in [0.3, 0.4) is 0 Å². The van der Waals surface area contributed by atoms with E-state index in [-0.39, 0.29) is 42.6 Å². The van der Waals surface area contributed by atoms with Gasteiger partial charge in [-0.05, 0) is 57.9 Å². The maximum Gasteiger partial charge on any atom is 0.251 e. The van der Waals surface area contributed by atoms with Crippen LogP contribution in [0, 0.1) is 17.3 Å². The van der Waals surface area contributed by atoms with E-state index in [9.17, 15) is 9.59 Å². The minimum Gasteiger partial charge on any atom is -0.491 e. The molecule has 1 rings (SSSR count). The first kappa shape index (κ1) is 34.6. The number of hydrogen-bond donors (Lipinski definition) is 3. The molecule has 0 unspecified atom stereocenters. The second-order valence-corrected chi connectivity index (χ2v) is 8.84. The third-order valence-electron chi connectivity index (χ3n) is 4.40. The van der Waals surface area contributed by atoms with E-state index in [2.05, 4.69) is 41.6 Å². The molecule has 3 N–H and O–H groups in total. The van der Waals surface area contributed by atoms with Gasteiger partial charge in [-0.1, -0.05) is 53.5 Å². The Morgan fingerprint density at radius 1 is 1.03 bits per heavy atom. The highest BCUT2D eigenvalue weighted by atomic mass is 16.5. The monoisotopic (exact) mass is 491 g/mol. The molecule has 0 aliphatic carbocycles. The zero-order valence-electron chi connectivity index (χ0n) is 23.7. The number of amides is 2. The average Bonchev–Trinajstić information content (AvgIpc) is 2.80. The number of carbonyl (C=O) groups is 2. The largest absolute Gasteiger partial charge is 0.491 e. The van der Waals surface area contributed by atoms with E-state index in [1.165, 1.54) is 0 Å². The number of rotatable bonds is 13. The van der Waals surface area contributed by atoms with Crippen LogP contribution in [0.1, 0.15) is 79.1 Å². The minimum absolute atomic E-state index is 0.0455. The molecular weight excluding hydrogens is 442 g/mol. The Kier molecular flexibility index (Phi) is 19.5. The molecule has 0 spiro atoms. The van der Waals surface area contributed by atoms with E-state index in [0.29, 0.717) is 17.9 Å². The van der Waals surface area contributed by atoms with Gasteiger partial charge in [0.1, 0.15) is 19.0 Å². The summed E-state index contributed by atoms with van der Waals surface area (Å²) in [7, 11) is 1.93. The lowest BCUT2D eigenvalue weighted by atomic mass is 9.80. The molecule has 0 aromatic heterocycles. The van der Waals surface area contributed by atoms with Crippen LogP contribution < -0.4 is 20.7 Å². The van der Waals surface area contributed by atoms with E-state index < -0.39 is 0 Å². The van der Waals surface area contributed by atoms with Crippen molar-refractivity contribution in [2.45, 2.75) is 74.3 Å². The lowest BCUT2D eigenvalue weighted by Gasteiger charge is -2.35. The summed E-state index contributed by atoms with van der Waals surface area (Å²) in [4.78, 5) is 24.3. The standard InChI is InChI=1S/C24H37N3O4.2C2H6/c1-7-8-12-26-21(28)16-30-13-14-31-20-11-9-10-19(15-20)22(29)27-24(4,5)17-23(2,3)18-25-6;2*1-2/h9-11,15,25H,12-14,16-18H2,1-6H3,(H,26,28)(H,27,29);2*1-2H3. The summed E-state index contributed by atoms with van der Waals surface area (Å²) in [5.74, 6) is 5.67. The van der Waals surface area contributed by atoms with Crippen molar-refractivity contribution in [2.75, 3.05) is 40.0 Å².